The summed E-state index contributed by atoms with van der Waals surface area (Å²) in [5, 5.41) is 12.1. The zero-order valence-corrected chi connectivity index (χ0v) is 9.08. The number of nitrogens with one attached hydrogen (secondary N) is 1. The summed E-state index contributed by atoms with van der Waals surface area (Å²) in [6.07, 6.45) is -0.302. The monoisotopic (exact) mass is 277 g/mol. The molecule has 0 fully saturated rings. The second-order valence-corrected chi connectivity index (χ2v) is 3.98. The van der Waals surface area contributed by atoms with Crippen molar-refractivity contribution in [3.8, 4) is 0 Å². The topological polar surface area (TPSA) is 32.3 Å². The molecule has 0 bridgehead atoms. The molecule has 0 aromatic heterocycles. The molecular formula is C9H12INO. The molecule has 2 nitrogen and oxygen atoms in total. The number of hydrogen-bond donors (Lipinski definition) is 2. The van der Waals surface area contributed by atoms with Gasteiger partial charge < -0.3 is 10.4 Å². The molecule has 0 heterocycles. The highest BCUT2D eigenvalue weighted by atomic mass is 127. The fourth-order valence-electron chi connectivity index (χ4n) is 0.833. The van der Waals surface area contributed by atoms with Crippen LogP contribution in [0.5, 0.6) is 0 Å². The molecule has 0 radical (unpaired) electrons. The average molecular weight is 277 g/mol. The van der Waals surface area contributed by atoms with Gasteiger partial charge >= 0.3 is 0 Å². The van der Waals surface area contributed by atoms with Crippen LogP contribution in [0.25, 0.3) is 0 Å². The van der Waals surface area contributed by atoms with Gasteiger partial charge in [0.2, 0.25) is 0 Å². The van der Waals surface area contributed by atoms with Gasteiger partial charge in [0.25, 0.3) is 0 Å². The number of aliphatic hydroxyl groups excluding tert-OH is 1. The Kier molecular flexibility index (Phi) is 3.81. The molecule has 2 N–H and O–H groups in total. The van der Waals surface area contributed by atoms with Gasteiger partial charge in [-0.25, -0.2) is 0 Å². The lowest BCUT2D eigenvalue weighted by atomic mass is 10.3. The molecule has 12 heavy (non-hydrogen) atoms. The first-order chi connectivity index (χ1) is 5.68. The van der Waals surface area contributed by atoms with Crippen LogP contribution in [0.2, 0.25) is 0 Å². The van der Waals surface area contributed by atoms with Gasteiger partial charge in [-0.1, -0.05) is 0 Å². The van der Waals surface area contributed by atoms with Crippen LogP contribution >= 0.6 is 22.6 Å². The largest absolute Gasteiger partial charge is 0.392 e. The minimum Gasteiger partial charge on any atom is -0.392 e. The molecule has 0 saturated carbocycles. The standard InChI is InChI=1S/C9H12INO/c1-7(12)6-11-9-4-2-8(10)3-5-9/h2-5,7,11-12H,6H2,1H3. The fraction of sp³-hybridized carbons (Fsp3) is 0.333. The third-order valence-electron chi connectivity index (χ3n) is 1.45. The molecule has 0 saturated heterocycles. The Morgan fingerprint density at radius 2 is 2.00 bits per heavy atom. The van der Waals surface area contributed by atoms with Crippen molar-refractivity contribution in [1.82, 2.24) is 0 Å². The van der Waals surface area contributed by atoms with Gasteiger partial charge in [-0.05, 0) is 53.8 Å². The maximum Gasteiger partial charge on any atom is 0.0684 e. The van der Waals surface area contributed by atoms with Crippen molar-refractivity contribution < 1.29 is 5.11 Å². The Balaban J connectivity index is 2.48. The Labute approximate surface area is 86.1 Å². The van der Waals surface area contributed by atoms with Crippen molar-refractivity contribution in [3.63, 3.8) is 0 Å². The zero-order valence-electron chi connectivity index (χ0n) is 6.92. The van der Waals surface area contributed by atoms with Crippen molar-refractivity contribution in [2.24, 2.45) is 0 Å². The lowest BCUT2D eigenvalue weighted by Gasteiger charge is -2.07. The van der Waals surface area contributed by atoms with Gasteiger partial charge in [0.1, 0.15) is 0 Å². The van der Waals surface area contributed by atoms with Crippen LogP contribution in [-0.4, -0.2) is 17.8 Å². The van der Waals surface area contributed by atoms with E-state index >= 15 is 0 Å². The highest BCUT2D eigenvalue weighted by Crippen LogP contribution is 2.10. The normalized spacial score (nSPS) is 12.6. The first kappa shape index (κ1) is 9.80. The number of benzene rings is 1. The van der Waals surface area contributed by atoms with Gasteiger partial charge in [0, 0.05) is 15.8 Å². The Hall–Kier alpha value is -0.290. The van der Waals surface area contributed by atoms with Crippen molar-refractivity contribution in [3.05, 3.63) is 27.8 Å². The number of halogens is 1. The van der Waals surface area contributed by atoms with Crippen LogP contribution in [0.1, 0.15) is 6.92 Å². The second-order valence-electron chi connectivity index (χ2n) is 2.74. The van der Waals surface area contributed by atoms with Crippen molar-refractivity contribution >= 4 is 28.3 Å². The first-order valence-corrected chi connectivity index (χ1v) is 4.94. The minimum absolute atomic E-state index is 0.302. The van der Waals surface area contributed by atoms with Crippen LogP contribution in [0.4, 0.5) is 5.69 Å². The van der Waals surface area contributed by atoms with Crippen LogP contribution in [0.15, 0.2) is 24.3 Å². The van der Waals surface area contributed by atoms with E-state index in [4.69, 9.17) is 5.11 Å². The zero-order chi connectivity index (χ0) is 8.97. The third kappa shape index (κ3) is 3.40. The second kappa shape index (κ2) is 4.67. The summed E-state index contributed by atoms with van der Waals surface area (Å²) in [7, 11) is 0. The van der Waals surface area contributed by atoms with Crippen molar-refractivity contribution in [2.45, 2.75) is 13.0 Å². The molecular weight excluding hydrogens is 265 g/mol. The average Bonchev–Trinajstić information content (AvgIpc) is 2.03. The molecule has 66 valence electrons. The van der Waals surface area contributed by atoms with Gasteiger partial charge in [-0.15, -0.1) is 0 Å². The predicted molar refractivity (Wildman–Crippen MR) is 59.3 cm³/mol. The molecule has 0 aliphatic carbocycles. The van der Waals surface area contributed by atoms with E-state index in [1.165, 1.54) is 3.57 Å². The number of rotatable bonds is 3. The summed E-state index contributed by atoms with van der Waals surface area (Å²) in [5.74, 6) is 0. The van der Waals surface area contributed by atoms with E-state index in [1.54, 1.807) is 6.92 Å². The molecule has 1 rings (SSSR count). The van der Waals surface area contributed by atoms with Gasteiger partial charge in [-0.2, -0.15) is 0 Å². The van der Waals surface area contributed by atoms with Crippen LogP contribution in [-0.2, 0) is 0 Å². The Morgan fingerprint density at radius 1 is 1.42 bits per heavy atom. The Morgan fingerprint density at radius 3 is 2.50 bits per heavy atom. The Bertz CT molecular complexity index is 233. The van der Waals surface area contributed by atoms with Crippen molar-refractivity contribution in [2.75, 3.05) is 11.9 Å². The number of hydrogen-bond acceptors (Lipinski definition) is 2. The molecule has 1 aromatic carbocycles. The van der Waals surface area contributed by atoms with Crippen LogP contribution in [0.3, 0.4) is 0 Å². The smallest absolute Gasteiger partial charge is 0.0684 e. The highest BCUT2D eigenvalue weighted by Gasteiger charge is 1.94. The molecule has 0 aliphatic heterocycles. The van der Waals surface area contributed by atoms with E-state index in [1.807, 2.05) is 24.3 Å². The van der Waals surface area contributed by atoms with E-state index in [0.717, 1.165) is 5.69 Å². The van der Waals surface area contributed by atoms with Crippen LogP contribution in [0, 0.1) is 3.57 Å². The molecule has 1 atom stereocenters. The first-order valence-electron chi connectivity index (χ1n) is 3.86. The maximum absolute atomic E-state index is 9.00. The van der Waals surface area contributed by atoms with E-state index in [9.17, 15) is 0 Å². The van der Waals surface area contributed by atoms with E-state index < -0.39 is 0 Å². The summed E-state index contributed by atoms with van der Waals surface area (Å²) in [6.45, 7) is 2.36. The lowest BCUT2D eigenvalue weighted by Crippen LogP contribution is -2.15. The van der Waals surface area contributed by atoms with E-state index in [2.05, 4.69) is 27.9 Å². The summed E-state index contributed by atoms with van der Waals surface area (Å²) in [6, 6.07) is 8.07. The predicted octanol–water partition coefficient (Wildman–Crippen LogP) is 2.08. The molecule has 0 amide bonds. The lowest BCUT2D eigenvalue weighted by molar-refractivity contribution is 0.208. The molecule has 1 aromatic rings. The molecule has 1 unspecified atom stereocenters. The van der Waals surface area contributed by atoms with Gasteiger partial charge in [0.05, 0.1) is 6.10 Å². The summed E-state index contributed by atoms with van der Waals surface area (Å²) < 4.78 is 1.22. The fourth-order valence-corrected chi connectivity index (χ4v) is 1.19. The van der Waals surface area contributed by atoms with Gasteiger partial charge in [-0.3, -0.25) is 0 Å². The molecule has 0 spiro atoms. The maximum atomic E-state index is 9.00. The minimum atomic E-state index is -0.302. The summed E-state index contributed by atoms with van der Waals surface area (Å²) >= 11 is 2.26. The SMILES string of the molecule is CC(O)CNc1ccc(I)cc1. The van der Waals surface area contributed by atoms with Crippen molar-refractivity contribution in [1.29, 1.82) is 0 Å². The summed E-state index contributed by atoms with van der Waals surface area (Å²) in [4.78, 5) is 0. The quantitative estimate of drug-likeness (QED) is 0.829. The van der Waals surface area contributed by atoms with Gasteiger partial charge in [0.15, 0.2) is 0 Å². The molecule has 0 aliphatic rings. The van der Waals surface area contributed by atoms with Crippen LogP contribution < -0.4 is 5.32 Å². The highest BCUT2D eigenvalue weighted by molar-refractivity contribution is 14.1. The van der Waals surface area contributed by atoms with E-state index in [0.29, 0.717) is 6.54 Å². The number of aliphatic hydroxyl groups is 1. The summed E-state index contributed by atoms with van der Waals surface area (Å²) in [5.41, 5.74) is 1.05. The molecule has 3 heteroatoms. The number of anilines is 1. The van der Waals surface area contributed by atoms with E-state index in [-0.39, 0.29) is 6.10 Å². The third-order valence-corrected chi connectivity index (χ3v) is 2.16.